The SMILES string of the molecule is c1c(Nc2cccc3oc4ccccc4c23)ccc(-c2ccc3c(c2)oc2ccccc23)c#1. The van der Waals surface area contributed by atoms with Gasteiger partial charge in [-0.05, 0) is 60.2 Å². The summed E-state index contributed by atoms with van der Waals surface area (Å²) in [5.41, 5.74) is 7.38. The number of hydrogen-bond donors (Lipinski definition) is 1. The Kier molecular flexibility index (Phi) is 3.76. The second-order valence-corrected chi connectivity index (χ2v) is 8.12. The first-order valence-corrected chi connectivity index (χ1v) is 10.9. The standard InChI is InChI=1S/C30H17NO2/c1-3-9-26-22(6-1)23-17-14-20(18-29(23)33-26)19-12-15-21(16-13-19)31-25-8-5-11-28-30(25)24-7-2-4-10-27(24)32-28/h1-12,14-15,17-18,31H. The van der Waals surface area contributed by atoms with Crippen molar-refractivity contribution in [1.82, 2.24) is 0 Å². The molecule has 7 aromatic rings. The van der Waals surface area contributed by atoms with E-state index in [4.69, 9.17) is 8.83 Å². The lowest BCUT2D eigenvalue weighted by atomic mass is 10.0. The summed E-state index contributed by atoms with van der Waals surface area (Å²) in [4.78, 5) is 0. The molecule has 0 spiro atoms. The predicted octanol–water partition coefficient (Wildman–Crippen LogP) is 8.50. The maximum absolute atomic E-state index is 6.04. The molecule has 0 aliphatic heterocycles. The summed E-state index contributed by atoms with van der Waals surface area (Å²) in [6.45, 7) is 0. The summed E-state index contributed by atoms with van der Waals surface area (Å²) in [5, 5.41) is 7.91. The predicted molar refractivity (Wildman–Crippen MR) is 134 cm³/mol. The van der Waals surface area contributed by atoms with E-state index in [1.807, 2.05) is 54.6 Å². The first-order valence-electron chi connectivity index (χ1n) is 10.9. The summed E-state index contributed by atoms with van der Waals surface area (Å²) >= 11 is 0. The van der Waals surface area contributed by atoms with Crippen molar-refractivity contribution in [2.45, 2.75) is 0 Å². The van der Waals surface area contributed by atoms with Gasteiger partial charge < -0.3 is 14.2 Å². The fourth-order valence-electron chi connectivity index (χ4n) is 4.54. The molecule has 0 saturated carbocycles. The molecule has 0 saturated heterocycles. The molecular weight excluding hydrogens is 406 g/mol. The highest BCUT2D eigenvalue weighted by Crippen LogP contribution is 2.35. The number of para-hydroxylation sites is 2. The number of fused-ring (bicyclic) bond motifs is 6. The Morgan fingerprint density at radius 2 is 1.27 bits per heavy atom. The van der Waals surface area contributed by atoms with E-state index >= 15 is 0 Å². The van der Waals surface area contributed by atoms with Gasteiger partial charge in [-0.1, -0.05) is 54.6 Å². The monoisotopic (exact) mass is 423 g/mol. The average Bonchev–Trinajstić information content (AvgIpc) is 3.43. The van der Waals surface area contributed by atoms with Crippen molar-refractivity contribution in [1.29, 1.82) is 0 Å². The van der Waals surface area contributed by atoms with Crippen LogP contribution in [0.15, 0.2) is 106 Å². The van der Waals surface area contributed by atoms with Crippen LogP contribution >= 0.6 is 0 Å². The number of nitrogens with one attached hydrogen (secondary N) is 1. The van der Waals surface area contributed by atoms with E-state index in [0.717, 1.165) is 66.4 Å². The topological polar surface area (TPSA) is 38.3 Å². The van der Waals surface area contributed by atoms with Crippen LogP contribution in [0.3, 0.4) is 0 Å². The van der Waals surface area contributed by atoms with E-state index < -0.39 is 0 Å². The smallest absolute Gasteiger partial charge is 0.137 e. The molecule has 0 unspecified atom stereocenters. The van der Waals surface area contributed by atoms with Gasteiger partial charge in [0.1, 0.15) is 22.3 Å². The van der Waals surface area contributed by atoms with Crippen LogP contribution in [-0.2, 0) is 0 Å². The van der Waals surface area contributed by atoms with Crippen molar-refractivity contribution >= 4 is 55.3 Å². The summed E-state index contributed by atoms with van der Waals surface area (Å²) in [6.07, 6.45) is 0. The molecule has 0 radical (unpaired) electrons. The Morgan fingerprint density at radius 1 is 0.545 bits per heavy atom. The zero-order valence-corrected chi connectivity index (χ0v) is 17.6. The average molecular weight is 423 g/mol. The lowest BCUT2D eigenvalue weighted by Crippen LogP contribution is -1.90. The van der Waals surface area contributed by atoms with Crippen molar-refractivity contribution < 1.29 is 8.83 Å². The molecule has 0 atom stereocenters. The molecule has 0 amide bonds. The van der Waals surface area contributed by atoms with Crippen molar-refractivity contribution in [3.8, 4) is 11.1 Å². The van der Waals surface area contributed by atoms with Gasteiger partial charge in [-0.25, -0.2) is 0 Å². The summed E-state index contributed by atoms with van der Waals surface area (Å²) < 4.78 is 12.0. The molecule has 3 nitrogen and oxygen atoms in total. The van der Waals surface area contributed by atoms with Crippen LogP contribution in [0.4, 0.5) is 11.4 Å². The molecule has 33 heavy (non-hydrogen) atoms. The van der Waals surface area contributed by atoms with Crippen molar-refractivity contribution in [3.63, 3.8) is 0 Å². The second kappa shape index (κ2) is 6.91. The van der Waals surface area contributed by atoms with E-state index in [2.05, 4.69) is 59.9 Å². The molecule has 0 aliphatic rings. The summed E-state index contributed by atoms with van der Waals surface area (Å²) in [6, 6.07) is 39.2. The normalized spacial score (nSPS) is 11.4. The van der Waals surface area contributed by atoms with Gasteiger partial charge in [-0.15, -0.1) is 0 Å². The quantitative estimate of drug-likeness (QED) is 0.310. The Bertz CT molecular complexity index is 1790. The molecule has 154 valence electrons. The van der Waals surface area contributed by atoms with Gasteiger partial charge in [0.05, 0.1) is 16.8 Å². The van der Waals surface area contributed by atoms with Gasteiger partial charge in [0.2, 0.25) is 0 Å². The Hall–Kier alpha value is -4.68. The van der Waals surface area contributed by atoms with Crippen molar-refractivity contribution in [2.75, 3.05) is 5.32 Å². The highest BCUT2D eigenvalue weighted by molar-refractivity contribution is 6.12. The Balaban J connectivity index is 1.24. The molecule has 0 bridgehead atoms. The van der Waals surface area contributed by atoms with Crippen molar-refractivity contribution in [3.05, 3.63) is 109 Å². The minimum Gasteiger partial charge on any atom is -0.456 e. The number of benzene rings is 4. The fraction of sp³-hybridized carbons (Fsp3) is 0. The van der Waals surface area contributed by atoms with Crippen LogP contribution in [0.5, 0.6) is 0 Å². The Labute approximate surface area is 189 Å². The van der Waals surface area contributed by atoms with Crippen molar-refractivity contribution in [2.24, 2.45) is 0 Å². The summed E-state index contributed by atoms with van der Waals surface area (Å²) in [7, 11) is 0. The second-order valence-electron chi connectivity index (χ2n) is 8.12. The van der Waals surface area contributed by atoms with Gasteiger partial charge in [-0.3, -0.25) is 0 Å². The van der Waals surface area contributed by atoms with Gasteiger partial charge in [-0.2, -0.15) is 0 Å². The van der Waals surface area contributed by atoms with Crippen LogP contribution in [0.1, 0.15) is 0 Å². The highest BCUT2D eigenvalue weighted by atomic mass is 16.3. The first kappa shape index (κ1) is 17.9. The third-order valence-electron chi connectivity index (χ3n) is 6.11. The molecular formula is C30H17NO2. The van der Waals surface area contributed by atoms with Gasteiger partial charge in [0, 0.05) is 21.7 Å². The molecule has 5 aromatic carbocycles. The molecule has 3 heteroatoms. The molecule has 2 heterocycles. The minimum atomic E-state index is 0.848. The van der Waals surface area contributed by atoms with Gasteiger partial charge in [0.15, 0.2) is 0 Å². The van der Waals surface area contributed by atoms with Crippen LogP contribution < -0.4 is 5.32 Å². The molecule has 2 aromatic heterocycles. The first-order chi connectivity index (χ1) is 16.3. The van der Waals surface area contributed by atoms with Gasteiger partial charge in [0.25, 0.3) is 0 Å². The minimum absolute atomic E-state index is 0.848. The highest BCUT2D eigenvalue weighted by Gasteiger charge is 2.11. The zero-order valence-electron chi connectivity index (χ0n) is 17.6. The van der Waals surface area contributed by atoms with Crippen LogP contribution in [0, 0.1) is 12.1 Å². The molecule has 0 aliphatic carbocycles. The number of rotatable bonds is 3. The van der Waals surface area contributed by atoms with E-state index in [1.165, 1.54) is 0 Å². The Morgan fingerprint density at radius 3 is 2.12 bits per heavy atom. The maximum Gasteiger partial charge on any atom is 0.137 e. The largest absolute Gasteiger partial charge is 0.456 e. The van der Waals surface area contributed by atoms with Crippen LogP contribution in [-0.4, -0.2) is 0 Å². The zero-order chi connectivity index (χ0) is 21.8. The van der Waals surface area contributed by atoms with Crippen LogP contribution in [0.25, 0.3) is 55.0 Å². The molecule has 0 fully saturated rings. The number of hydrogen-bond acceptors (Lipinski definition) is 3. The third kappa shape index (κ3) is 2.86. The lowest BCUT2D eigenvalue weighted by molar-refractivity contribution is 0.668. The number of anilines is 2. The number of furan rings is 2. The van der Waals surface area contributed by atoms with Gasteiger partial charge >= 0.3 is 0 Å². The lowest BCUT2D eigenvalue weighted by Gasteiger charge is -2.06. The molecule has 1 N–H and O–H groups in total. The third-order valence-corrected chi connectivity index (χ3v) is 6.11. The van der Waals surface area contributed by atoms with E-state index in [9.17, 15) is 0 Å². The van der Waals surface area contributed by atoms with E-state index in [0.29, 0.717) is 0 Å². The fourth-order valence-corrected chi connectivity index (χ4v) is 4.54. The molecule has 7 rings (SSSR count). The maximum atomic E-state index is 6.04. The van der Waals surface area contributed by atoms with E-state index in [1.54, 1.807) is 0 Å². The van der Waals surface area contributed by atoms with Crippen LogP contribution in [0.2, 0.25) is 0 Å². The summed E-state index contributed by atoms with van der Waals surface area (Å²) in [5.74, 6) is 0. The van der Waals surface area contributed by atoms with E-state index in [-0.39, 0.29) is 0 Å².